The maximum atomic E-state index is 5.43. The van der Waals surface area contributed by atoms with E-state index in [0.717, 1.165) is 6.54 Å². The number of nitrogens with two attached hydrogens (primary N) is 1. The lowest BCUT2D eigenvalue weighted by Crippen LogP contribution is -2.42. The highest BCUT2D eigenvalue weighted by Gasteiger charge is 2.22. The van der Waals surface area contributed by atoms with Crippen molar-refractivity contribution in [2.24, 2.45) is 10.8 Å². The van der Waals surface area contributed by atoms with Gasteiger partial charge in [-0.15, -0.1) is 0 Å². The smallest absolute Gasteiger partial charge is 0.205 e. The zero-order chi connectivity index (χ0) is 12.1. The highest BCUT2D eigenvalue weighted by atomic mass is 15.3. The summed E-state index contributed by atoms with van der Waals surface area (Å²) in [6.07, 6.45) is 2.43. The van der Waals surface area contributed by atoms with Crippen molar-refractivity contribution in [2.75, 3.05) is 6.54 Å². The van der Waals surface area contributed by atoms with Gasteiger partial charge >= 0.3 is 0 Å². The van der Waals surface area contributed by atoms with Gasteiger partial charge < -0.3 is 5.32 Å². The Morgan fingerprint density at radius 1 is 1.41 bits per heavy atom. The first kappa shape index (κ1) is 11.9. The molecule has 1 unspecified atom stereocenters. The van der Waals surface area contributed by atoms with E-state index in [1.165, 1.54) is 18.4 Å². The Morgan fingerprint density at radius 2 is 2.12 bits per heavy atom. The third kappa shape index (κ3) is 3.75. The van der Waals surface area contributed by atoms with Crippen LogP contribution in [0.4, 0.5) is 0 Å². The van der Waals surface area contributed by atoms with Crippen molar-refractivity contribution in [3.8, 4) is 0 Å². The quantitative estimate of drug-likeness (QED) is 0.318. The second-order valence-corrected chi connectivity index (χ2v) is 4.56. The van der Waals surface area contributed by atoms with E-state index in [1.807, 2.05) is 6.07 Å². The zero-order valence-corrected chi connectivity index (χ0v) is 10.2. The number of rotatable bonds is 4. The molecule has 0 aliphatic heterocycles. The molecule has 4 heteroatoms. The fraction of sp³-hybridized carbons (Fsp3) is 0.462. The van der Waals surface area contributed by atoms with E-state index in [0.29, 0.717) is 17.9 Å². The van der Waals surface area contributed by atoms with Crippen LogP contribution in [0.25, 0.3) is 0 Å². The van der Waals surface area contributed by atoms with E-state index in [-0.39, 0.29) is 0 Å². The van der Waals surface area contributed by atoms with E-state index < -0.39 is 0 Å². The molecule has 0 saturated heterocycles. The van der Waals surface area contributed by atoms with Crippen LogP contribution in [0.2, 0.25) is 0 Å². The first-order valence-electron chi connectivity index (χ1n) is 6.12. The van der Waals surface area contributed by atoms with Gasteiger partial charge in [0.25, 0.3) is 0 Å². The van der Waals surface area contributed by atoms with Crippen LogP contribution in [-0.2, 0) is 0 Å². The van der Waals surface area contributed by atoms with Gasteiger partial charge in [0.15, 0.2) is 0 Å². The summed E-state index contributed by atoms with van der Waals surface area (Å²) in [6.45, 7) is 2.91. The van der Waals surface area contributed by atoms with Gasteiger partial charge in [0.05, 0.1) is 0 Å². The van der Waals surface area contributed by atoms with Crippen LogP contribution < -0.4 is 16.6 Å². The molecular formula is C13H20N4. The van der Waals surface area contributed by atoms with Crippen LogP contribution in [0.15, 0.2) is 35.3 Å². The fourth-order valence-electron chi connectivity index (χ4n) is 1.67. The number of aliphatic imine (C=N–C) groups is 1. The fourth-order valence-corrected chi connectivity index (χ4v) is 1.67. The zero-order valence-electron chi connectivity index (χ0n) is 10.2. The summed E-state index contributed by atoms with van der Waals surface area (Å²) < 4.78 is 0. The van der Waals surface area contributed by atoms with Crippen LogP contribution in [-0.4, -0.2) is 18.5 Å². The third-order valence-electron chi connectivity index (χ3n) is 2.95. The highest BCUT2D eigenvalue weighted by Crippen LogP contribution is 2.18. The number of hydrogen-bond acceptors (Lipinski definition) is 2. The number of benzene rings is 1. The number of guanidine groups is 1. The van der Waals surface area contributed by atoms with E-state index in [1.54, 1.807) is 0 Å². The Morgan fingerprint density at radius 3 is 2.71 bits per heavy atom. The standard InChI is InChI=1S/C13H20N4/c1-10(11-5-3-2-4-6-11)9-15-13(17-14)16-12-7-8-12/h2-6,10,12H,7-9,14H2,1H3,(H2,15,16,17). The first-order valence-corrected chi connectivity index (χ1v) is 6.12. The van der Waals surface area contributed by atoms with Crippen molar-refractivity contribution in [3.05, 3.63) is 35.9 Å². The van der Waals surface area contributed by atoms with E-state index in [9.17, 15) is 0 Å². The van der Waals surface area contributed by atoms with Gasteiger partial charge in [-0.1, -0.05) is 37.3 Å². The summed E-state index contributed by atoms with van der Waals surface area (Å²) in [4.78, 5) is 4.47. The molecule has 1 aliphatic carbocycles. The molecule has 1 aromatic rings. The van der Waals surface area contributed by atoms with Crippen molar-refractivity contribution >= 4 is 5.96 Å². The third-order valence-corrected chi connectivity index (χ3v) is 2.95. The Hall–Kier alpha value is -1.55. The largest absolute Gasteiger partial charge is 0.353 e. The number of nitrogens with one attached hydrogen (secondary N) is 2. The highest BCUT2D eigenvalue weighted by molar-refractivity contribution is 5.79. The maximum Gasteiger partial charge on any atom is 0.205 e. The van der Waals surface area contributed by atoms with Gasteiger partial charge in [0, 0.05) is 18.5 Å². The molecule has 17 heavy (non-hydrogen) atoms. The summed E-state index contributed by atoms with van der Waals surface area (Å²) >= 11 is 0. The van der Waals surface area contributed by atoms with Crippen molar-refractivity contribution < 1.29 is 0 Å². The molecule has 0 amide bonds. The minimum atomic E-state index is 0.403. The summed E-state index contributed by atoms with van der Waals surface area (Å²) in [5.41, 5.74) is 3.92. The maximum absolute atomic E-state index is 5.43. The summed E-state index contributed by atoms with van der Waals surface area (Å²) in [7, 11) is 0. The summed E-state index contributed by atoms with van der Waals surface area (Å²) in [6, 6.07) is 11.0. The van der Waals surface area contributed by atoms with Gasteiger partial charge in [-0.3, -0.25) is 10.4 Å². The molecule has 1 fully saturated rings. The molecule has 2 rings (SSSR count). The van der Waals surface area contributed by atoms with Crippen molar-refractivity contribution in [2.45, 2.75) is 31.7 Å². The molecule has 1 saturated carbocycles. The van der Waals surface area contributed by atoms with Gasteiger partial charge in [0.2, 0.25) is 5.96 Å². The van der Waals surface area contributed by atoms with Gasteiger partial charge in [0.1, 0.15) is 0 Å². The summed E-state index contributed by atoms with van der Waals surface area (Å²) in [5, 5.41) is 3.26. The van der Waals surface area contributed by atoms with Crippen LogP contribution in [0.5, 0.6) is 0 Å². The van der Waals surface area contributed by atoms with Crippen molar-refractivity contribution in [3.63, 3.8) is 0 Å². The van der Waals surface area contributed by atoms with Gasteiger partial charge in [-0.25, -0.2) is 5.84 Å². The second-order valence-electron chi connectivity index (χ2n) is 4.56. The van der Waals surface area contributed by atoms with Crippen LogP contribution in [0.3, 0.4) is 0 Å². The molecule has 0 aromatic heterocycles. The molecule has 0 heterocycles. The molecule has 92 valence electrons. The minimum Gasteiger partial charge on any atom is -0.353 e. The molecule has 0 bridgehead atoms. The molecule has 4 nitrogen and oxygen atoms in total. The monoisotopic (exact) mass is 232 g/mol. The SMILES string of the molecule is CC(CN=C(NN)NC1CC1)c1ccccc1. The average Bonchev–Trinajstić information content (AvgIpc) is 3.19. The van der Waals surface area contributed by atoms with E-state index >= 15 is 0 Å². The predicted octanol–water partition coefficient (Wildman–Crippen LogP) is 1.36. The lowest BCUT2D eigenvalue weighted by molar-refractivity contribution is 0.749. The predicted molar refractivity (Wildman–Crippen MR) is 70.6 cm³/mol. The lowest BCUT2D eigenvalue weighted by Gasteiger charge is -2.11. The van der Waals surface area contributed by atoms with Crippen LogP contribution >= 0.6 is 0 Å². The average molecular weight is 232 g/mol. The summed E-state index contributed by atoms with van der Waals surface area (Å²) in [5.74, 6) is 6.54. The Kier molecular flexibility index (Phi) is 3.98. The molecule has 0 spiro atoms. The number of hydrogen-bond donors (Lipinski definition) is 3. The molecule has 0 radical (unpaired) electrons. The Balaban J connectivity index is 1.88. The second kappa shape index (κ2) is 5.68. The van der Waals surface area contributed by atoms with Crippen molar-refractivity contribution in [1.29, 1.82) is 0 Å². The Bertz CT molecular complexity index is 370. The molecule has 1 atom stereocenters. The molecule has 4 N–H and O–H groups in total. The first-order chi connectivity index (χ1) is 8.29. The van der Waals surface area contributed by atoms with Crippen LogP contribution in [0, 0.1) is 0 Å². The topological polar surface area (TPSA) is 62.4 Å². The van der Waals surface area contributed by atoms with Crippen LogP contribution in [0.1, 0.15) is 31.2 Å². The Labute approximate surface area is 102 Å². The van der Waals surface area contributed by atoms with E-state index in [2.05, 4.69) is 46.9 Å². The van der Waals surface area contributed by atoms with Gasteiger partial charge in [-0.05, 0) is 18.4 Å². The number of nitrogens with zero attached hydrogens (tertiary/aromatic N) is 1. The minimum absolute atomic E-state index is 0.403. The number of hydrazine groups is 1. The van der Waals surface area contributed by atoms with Gasteiger partial charge in [-0.2, -0.15) is 0 Å². The van der Waals surface area contributed by atoms with E-state index in [4.69, 9.17) is 5.84 Å². The molecule has 1 aliphatic rings. The molecular weight excluding hydrogens is 212 g/mol. The lowest BCUT2D eigenvalue weighted by atomic mass is 10.0. The molecule has 1 aromatic carbocycles. The van der Waals surface area contributed by atoms with Crippen molar-refractivity contribution in [1.82, 2.24) is 10.7 Å². The normalized spacial score (nSPS) is 17.6.